The molecule has 5 nitrogen and oxygen atoms in total. The lowest BCUT2D eigenvalue weighted by Crippen LogP contribution is -2.36. The van der Waals surface area contributed by atoms with Crippen molar-refractivity contribution in [3.8, 4) is 5.75 Å². The van der Waals surface area contributed by atoms with Gasteiger partial charge in [-0.3, -0.25) is 9.69 Å². The molecule has 1 atom stereocenters. The number of carbonyl (C=O) groups is 1. The van der Waals surface area contributed by atoms with Crippen molar-refractivity contribution >= 4 is 17.5 Å². The van der Waals surface area contributed by atoms with E-state index >= 15 is 0 Å². The van der Waals surface area contributed by atoms with Gasteiger partial charge in [0.1, 0.15) is 11.5 Å². The summed E-state index contributed by atoms with van der Waals surface area (Å²) in [5, 5.41) is 12.5. The second-order valence-electron chi connectivity index (χ2n) is 5.65. The van der Waals surface area contributed by atoms with Crippen molar-refractivity contribution in [3.05, 3.63) is 52.9 Å². The van der Waals surface area contributed by atoms with Crippen LogP contribution in [-0.2, 0) is 0 Å². The molecule has 2 aromatic rings. The average Bonchev–Trinajstić information content (AvgIpc) is 3.24. The summed E-state index contributed by atoms with van der Waals surface area (Å²) in [6.45, 7) is 2.48. The monoisotopic (exact) mass is 334 g/mol. The first-order valence-corrected chi connectivity index (χ1v) is 8.07. The summed E-state index contributed by atoms with van der Waals surface area (Å²) in [5.74, 6) is 0.604. The first-order valence-electron chi connectivity index (χ1n) is 7.69. The van der Waals surface area contributed by atoms with E-state index < -0.39 is 0 Å². The van der Waals surface area contributed by atoms with Crippen molar-refractivity contribution in [3.63, 3.8) is 0 Å². The van der Waals surface area contributed by atoms with Crippen molar-refractivity contribution in [1.29, 1.82) is 0 Å². The van der Waals surface area contributed by atoms with Gasteiger partial charge in [0, 0.05) is 12.1 Å². The van der Waals surface area contributed by atoms with Gasteiger partial charge in [0.25, 0.3) is 5.91 Å². The number of likely N-dealkylation sites (tertiary alicyclic amines) is 1. The van der Waals surface area contributed by atoms with Gasteiger partial charge in [-0.2, -0.15) is 0 Å². The lowest BCUT2D eigenvalue weighted by atomic mass is 10.1. The van der Waals surface area contributed by atoms with Gasteiger partial charge < -0.3 is 14.8 Å². The van der Waals surface area contributed by atoms with Crippen LogP contribution in [0.5, 0.6) is 5.75 Å². The quantitative estimate of drug-likeness (QED) is 0.881. The van der Waals surface area contributed by atoms with Crippen LogP contribution >= 0.6 is 11.6 Å². The third kappa shape index (κ3) is 3.68. The van der Waals surface area contributed by atoms with Crippen molar-refractivity contribution < 1.29 is 14.3 Å². The molecule has 23 heavy (non-hydrogen) atoms. The SMILES string of the molecule is O=C(NCC(c1ccco1)N1CCCC1)c1ccc(O)c(Cl)c1. The Kier molecular flexibility index (Phi) is 4.88. The number of rotatable bonds is 5. The molecular weight excluding hydrogens is 316 g/mol. The topological polar surface area (TPSA) is 65.7 Å². The molecule has 0 saturated carbocycles. The van der Waals surface area contributed by atoms with Gasteiger partial charge >= 0.3 is 0 Å². The number of nitrogens with zero attached hydrogens (tertiary/aromatic N) is 1. The molecule has 1 amide bonds. The Morgan fingerprint density at radius 3 is 2.78 bits per heavy atom. The summed E-state index contributed by atoms with van der Waals surface area (Å²) in [5.41, 5.74) is 0.424. The van der Waals surface area contributed by atoms with Crippen molar-refractivity contribution in [2.45, 2.75) is 18.9 Å². The predicted molar refractivity (Wildman–Crippen MR) is 87.7 cm³/mol. The summed E-state index contributed by atoms with van der Waals surface area (Å²) in [6, 6.07) is 8.26. The van der Waals surface area contributed by atoms with E-state index in [1.54, 1.807) is 12.3 Å². The van der Waals surface area contributed by atoms with Crippen LogP contribution in [0.1, 0.15) is 35.0 Å². The fourth-order valence-electron chi connectivity index (χ4n) is 2.88. The molecule has 0 spiro atoms. The highest BCUT2D eigenvalue weighted by Crippen LogP contribution is 2.26. The lowest BCUT2D eigenvalue weighted by Gasteiger charge is -2.26. The van der Waals surface area contributed by atoms with Crippen LogP contribution in [0.2, 0.25) is 5.02 Å². The number of hydrogen-bond acceptors (Lipinski definition) is 4. The van der Waals surface area contributed by atoms with Gasteiger partial charge in [-0.25, -0.2) is 0 Å². The molecule has 1 aromatic carbocycles. The van der Waals surface area contributed by atoms with E-state index in [9.17, 15) is 9.90 Å². The number of amides is 1. The molecule has 1 unspecified atom stereocenters. The van der Waals surface area contributed by atoms with Gasteiger partial charge in [0.2, 0.25) is 0 Å². The number of halogens is 1. The van der Waals surface area contributed by atoms with Gasteiger partial charge in [0.05, 0.1) is 17.3 Å². The highest BCUT2D eigenvalue weighted by atomic mass is 35.5. The average molecular weight is 335 g/mol. The van der Waals surface area contributed by atoms with Crippen LogP contribution in [-0.4, -0.2) is 35.5 Å². The van der Waals surface area contributed by atoms with Crippen LogP contribution in [0.25, 0.3) is 0 Å². The molecule has 0 aliphatic carbocycles. The Morgan fingerprint density at radius 1 is 1.35 bits per heavy atom. The van der Waals surface area contributed by atoms with E-state index in [2.05, 4.69) is 10.2 Å². The fraction of sp³-hybridized carbons (Fsp3) is 0.353. The van der Waals surface area contributed by atoms with Crippen LogP contribution in [0.4, 0.5) is 0 Å². The first-order chi connectivity index (χ1) is 11.1. The van der Waals surface area contributed by atoms with Crippen LogP contribution in [0.15, 0.2) is 41.0 Å². The summed E-state index contributed by atoms with van der Waals surface area (Å²) in [6.07, 6.45) is 3.98. The Balaban J connectivity index is 1.68. The highest BCUT2D eigenvalue weighted by Gasteiger charge is 2.26. The molecule has 2 heterocycles. The molecule has 1 aliphatic heterocycles. The lowest BCUT2D eigenvalue weighted by molar-refractivity contribution is 0.0934. The Hall–Kier alpha value is -1.98. The van der Waals surface area contributed by atoms with Crippen molar-refractivity contribution in [1.82, 2.24) is 10.2 Å². The number of phenols is 1. The summed E-state index contributed by atoms with van der Waals surface area (Å²) in [4.78, 5) is 14.6. The predicted octanol–water partition coefficient (Wildman–Crippen LogP) is 3.21. The minimum atomic E-state index is -0.220. The molecular formula is C17H19ClN2O3. The largest absolute Gasteiger partial charge is 0.506 e. The third-order valence-corrected chi connectivity index (χ3v) is 4.42. The highest BCUT2D eigenvalue weighted by molar-refractivity contribution is 6.32. The molecule has 1 aromatic heterocycles. The first kappa shape index (κ1) is 15.9. The fourth-order valence-corrected chi connectivity index (χ4v) is 3.06. The number of hydrogen-bond donors (Lipinski definition) is 2. The van der Waals surface area contributed by atoms with Crippen LogP contribution in [0.3, 0.4) is 0 Å². The smallest absolute Gasteiger partial charge is 0.251 e. The van der Waals surface area contributed by atoms with Gasteiger partial charge in [-0.15, -0.1) is 0 Å². The van der Waals surface area contributed by atoms with E-state index in [4.69, 9.17) is 16.0 Å². The normalized spacial score (nSPS) is 16.4. The third-order valence-electron chi connectivity index (χ3n) is 4.12. The Bertz CT molecular complexity index is 666. The molecule has 1 aliphatic rings. The number of nitrogens with one attached hydrogen (secondary N) is 1. The molecule has 2 N–H and O–H groups in total. The van der Waals surface area contributed by atoms with Crippen molar-refractivity contribution in [2.75, 3.05) is 19.6 Å². The zero-order chi connectivity index (χ0) is 16.2. The maximum Gasteiger partial charge on any atom is 0.251 e. The van der Waals surface area contributed by atoms with E-state index in [0.29, 0.717) is 12.1 Å². The molecule has 6 heteroatoms. The van der Waals surface area contributed by atoms with Gasteiger partial charge in [0.15, 0.2) is 0 Å². The standard InChI is InChI=1S/C17H19ClN2O3/c18-13-10-12(5-6-15(13)21)17(22)19-11-14(16-4-3-9-23-16)20-7-1-2-8-20/h3-6,9-10,14,21H,1-2,7-8,11H2,(H,19,22). The van der Waals surface area contributed by atoms with Crippen molar-refractivity contribution in [2.24, 2.45) is 0 Å². The molecule has 0 bridgehead atoms. The maximum absolute atomic E-state index is 12.3. The van der Waals surface area contributed by atoms with E-state index in [1.807, 2.05) is 12.1 Å². The second kappa shape index (κ2) is 7.06. The minimum absolute atomic E-state index is 0.0315. The number of aromatic hydroxyl groups is 1. The molecule has 1 fully saturated rings. The second-order valence-corrected chi connectivity index (χ2v) is 6.06. The van der Waals surface area contributed by atoms with E-state index in [1.165, 1.54) is 25.0 Å². The minimum Gasteiger partial charge on any atom is -0.506 e. The molecule has 3 rings (SSSR count). The number of furan rings is 1. The summed E-state index contributed by atoms with van der Waals surface area (Å²) in [7, 11) is 0. The summed E-state index contributed by atoms with van der Waals surface area (Å²) >= 11 is 5.85. The van der Waals surface area contributed by atoms with Crippen LogP contribution < -0.4 is 5.32 Å². The molecule has 0 radical (unpaired) electrons. The zero-order valence-electron chi connectivity index (χ0n) is 12.7. The van der Waals surface area contributed by atoms with E-state index in [0.717, 1.165) is 18.8 Å². The number of phenolic OH excluding ortho intramolecular Hbond substituents is 1. The number of carbonyl (C=O) groups excluding carboxylic acids is 1. The van der Waals surface area contributed by atoms with Gasteiger partial charge in [-0.1, -0.05) is 11.6 Å². The Morgan fingerprint density at radius 2 is 2.13 bits per heavy atom. The molecule has 1 saturated heterocycles. The number of benzene rings is 1. The Labute approximate surface area is 139 Å². The summed E-state index contributed by atoms with van der Waals surface area (Å²) < 4.78 is 5.53. The van der Waals surface area contributed by atoms with Crippen LogP contribution in [0, 0.1) is 0 Å². The van der Waals surface area contributed by atoms with E-state index in [-0.39, 0.29) is 22.7 Å². The zero-order valence-corrected chi connectivity index (χ0v) is 13.4. The van der Waals surface area contributed by atoms with Gasteiger partial charge in [-0.05, 0) is 56.3 Å². The molecule has 122 valence electrons. The maximum atomic E-state index is 12.3.